The standard InChI is InChI=1S/C25H53N/c1-7-10-12-13-14-15-16-20-26(19-11-8-2)22-24(6)21-25(9-3)18-17-23(4)5/h23-25H,7-22H2,1-6H3. The van der Waals surface area contributed by atoms with Crippen LogP contribution in [-0.4, -0.2) is 24.5 Å². The molecule has 0 saturated heterocycles. The van der Waals surface area contributed by atoms with E-state index in [1.54, 1.807) is 0 Å². The van der Waals surface area contributed by atoms with Crippen LogP contribution >= 0.6 is 0 Å². The van der Waals surface area contributed by atoms with Crippen LogP contribution in [0, 0.1) is 17.8 Å². The molecule has 0 aromatic carbocycles. The van der Waals surface area contributed by atoms with Crippen LogP contribution in [0.15, 0.2) is 0 Å². The summed E-state index contributed by atoms with van der Waals surface area (Å²) in [5.41, 5.74) is 0. The number of unbranched alkanes of at least 4 members (excludes halogenated alkanes) is 7. The average Bonchev–Trinajstić information content (AvgIpc) is 2.61. The van der Waals surface area contributed by atoms with Crippen LogP contribution in [0.1, 0.15) is 125 Å². The molecule has 0 radical (unpaired) electrons. The Balaban J connectivity index is 4.11. The van der Waals surface area contributed by atoms with Gasteiger partial charge in [-0.2, -0.15) is 0 Å². The molecule has 0 saturated carbocycles. The van der Waals surface area contributed by atoms with Crippen LogP contribution < -0.4 is 0 Å². The minimum absolute atomic E-state index is 0.855. The SMILES string of the molecule is CCCCCCCCCN(CCCC)CC(C)CC(CC)CCC(C)C. The molecule has 1 nitrogen and oxygen atoms in total. The maximum absolute atomic E-state index is 2.79. The molecule has 0 spiro atoms. The second kappa shape index (κ2) is 18.3. The third kappa shape index (κ3) is 16.2. The van der Waals surface area contributed by atoms with Gasteiger partial charge in [0.2, 0.25) is 0 Å². The molecule has 158 valence electrons. The van der Waals surface area contributed by atoms with Crippen molar-refractivity contribution < 1.29 is 0 Å². The Morgan fingerprint density at radius 1 is 0.654 bits per heavy atom. The Bertz CT molecular complexity index is 273. The fourth-order valence-corrected chi connectivity index (χ4v) is 4.11. The molecule has 0 aliphatic carbocycles. The second-order valence-electron chi connectivity index (χ2n) is 9.36. The topological polar surface area (TPSA) is 3.24 Å². The lowest BCUT2D eigenvalue weighted by atomic mass is 9.87. The molecule has 0 aromatic heterocycles. The van der Waals surface area contributed by atoms with Crippen LogP contribution in [0.25, 0.3) is 0 Å². The van der Waals surface area contributed by atoms with E-state index in [-0.39, 0.29) is 0 Å². The molecular weight excluding hydrogens is 314 g/mol. The van der Waals surface area contributed by atoms with E-state index < -0.39 is 0 Å². The maximum atomic E-state index is 2.79. The summed E-state index contributed by atoms with van der Waals surface area (Å²) in [7, 11) is 0. The molecule has 0 heterocycles. The summed E-state index contributed by atoms with van der Waals surface area (Å²) in [6, 6.07) is 0. The molecule has 0 bridgehead atoms. The monoisotopic (exact) mass is 367 g/mol. The summed E-state index contributed by atoms with van der Waals surface area (Å²) in [4.78, 5) is 2.79. The molecule has 0 rings (SSSR count). The number of hydrogen-bond acceptors (Lipinski definition) is 1. The van der Waals surface area contributed by atoms with Gasteiger partial charge in [0.05, 0.1) is 0 Å². The van der Waals surface area contributed by atoms with E-state index in [1.807, 2.05) is 0 Å². The van der Waals surface area contributed by atoms with Crippen molar-refractivity contribution in [1.82, 2.24) is 4.90 Å². The molecule has 0 N–H and O–H groups in total. The van der Waals surface area contributed by atoms with E-state index in [0.29, 0.717) is 0 Å². The van der Waals surface area contributed by atoms with Gasteiger partial charge in [0.15, 0.2) is 0 Å². The van der Waals surface area contributed by atoms with Crippen LogP contribution in [0.3, 0.4) is 0 Å². The zero-order valence-corrected chi connectivity index (χ0v) is 19.5. The predicted octanol–water partition coefficient (Wildman–Crippen LogP) is 8.33. The Morgan fingerprint density at radius 3 is 1.81 bits per heavy atom. The zero-order chi connectivity index (χ0) is 19.6. The Labute approximate surface area is 167 Å². The van der Waals surface area contributed by atoms with Crippen LogP contribution in [0.4, 0.5) is 0 Å². The molecule has 0 fully saturated rings. The van der Waals surface area contributed by atoms with Gasteiger partial charge >= 0.3 is 0 Å². The van der Waals surface area contributed by atoms with Crippen LogP contribution in [0.2, 0.25) is 0 Å². The maximum Gasteiger partial charge on any atom is 0.000712 e. The van der Waals surface area contributed by atoms with Gasteiger partial charge in [-0.1, -0.05) is 106 Å². The summed E-state index contributed by atoms with van der Waals surface area (Å²) in [6.45, 7) is 18.2. The largest absolute Gasteiger partial charge is 0.303 e. The molecule has 26 heavy (non-hydrogen) atoms. The van der Waals surface area contributed by atoms with E-state index in [1.165, 1.54) is 103 Å². The molecular formula is C25H53N. The highest BCUT2D eigenvalue weighted by atomic mass is 15.1. The molecule has 1 heteroatoms. The number of nitrogens with zero attached hydrogens (tertiary/aromatic N) is 1. The van der Waals surface area contributed by atoms with Crippen molar-refractivity contribution in [3.8, 4) is 0 Å². The highest BCUT2D eigenvalue weighted by Gasteiger charge is 2.15. The predicted molar refractivity (Wildman–Crippen MR) is 121 cm³/mol. The summed E-state index contributed by atoms with van der Waals surface area (Å²) >= 11 is 0. The highest BCUT2D eigenvalue weighted by molar-refractivity contribution is 4.68. The molecule has 0 aliphatic heterocycles. The van der Waals surface area contributed by atoms with Gasteiger partial charge < -0.3 is 4.90 Å². The first-order valence-corrected chi connectivity index (χ1v) is 12.3. The summed E-state index contributed by atoms with van der Waals surface area (Å²) < 4.78 is 0. The zero-order valence-electron chi connectivity index (χ0n) is 19.5. The van der Waals surface area contributed by atoms with Crippen molar-refractivity contribution in [2.24, 2.45) is 17.8 Å². The van der Waals surface area contributed by atoms with E-state index in [2.05, 4.69) is 46.4 Å². The van der Waals surface area contributed by atoms with Crippen molar-refractivity contribution in [2.75, 3.05) is 19.6 Å². The van der Waals surface area contributed by atoms with E-state index >= 15 is 0 Å². The van der Waals surface area contributed by atoms with Crippen LogP contribution in [0.5, 0.6) is 0 Å². The van der Waals surface area contributed by atoms with E-state index in [4.69, 9.17) is 0 Å². The molecule has 2 unspecified atom stereocenters. The van der Waals surface area contributed by atoms with Gasteiger partial charge in [-0.3, -0.25) is 0 Å². The summed E-state index contributed by atoms with van der Waals surface area (Å²) in [5, 5.41) is 0. The first-order chi connectivity index (χ1) is 12.5. The summed E-state index contributed by atoms with van der Waals surface area (Å²) in [6.07, 6.45) is 18.3. The lowest BCUT2D eigenvalue weighted by Gasteiger charge is -2.28. The average molecular weight is 368 g/mol. The Hall–Kier alpha value is -0.0400. The quantitative estimate of drug-likeness (QED) is 0.207. The Kier molecular flexibility index (Phi) is 18.3. The van der Waals surface area contributed by atoms with E-state index in [9.17, 15) is 0 Å². The van der Waals surface area contributed by atoms with Crippen molar-refractivity contribution in [1.29, 1.82) is 0 Å². The molecule has 2 atom stereocenters. The second-order valence-corrected chi connectivity index (χ2v) is 9.36. The summed E-state index contributed by atoms with van der Waals surface area (Å²) in [5.74, 6) is 2.66. The molecule has 0 aromatic rings. The first-order valence-electron chi connectivity index (χ1n) is 12.3. The first kappa shape index (κ1) is 26.0. The highest BCUT2D eigenvalue weighted by Crippen LogP contribution is 2.23. The Morgan fingerprint density at radius 2 is 1.23 bits per heavy atom. The fourth-order valence-electron chi connectivity index (χ4n) is 4.11. The normalized spacial score (nSPS) is 14.3. The van der Waals surface area contributed by atoms with Crippen molar-refractivity contribution in [3.05, 3.63) is 0 Å². The van der Waals surface area contributed by atoms with Gasteiger partial charge in [0.1, 0.15) is 0 Å². The smallest absolute Gasteiger partial charge is 0.000712 e. The third-order valence-electron chi connectivity index (χ3n) is 5.94. The molecule has 0 amide bonds. The lowest BCUT2D eigenvalue weighted by molar-refractivity contribution is 0.206. The fraction of sp³-hybridized carbons (Fsp3) is 1.00. The van der Waals surface area contributed by atoms with Crippen molar-refractivity contribution in [2.45, 2.75) is 125 Å². The minimum atomic E-state index is 0.855. The van der Waals surface area contributed by atoms with Gasteiger partial charge in [-0.15, -0.1) is 0 Å². The number of rotatable bonds is 19. The lowest BCUT2D eigenvalue weighted by Crippen LogP contribution is -2.31. The van der Waals surface area contributed by atoms with Gasteiger partial charge in [-0.25, -0.2) is 0 Å². The third-order valence-corrected chi connectivity index (χ3v) is 5.94. The number of hydrogen-bond donors (Lipinski definition) is 0. The van der Waals surface area contributed by atoms with Gasteiger partial charge in [0, 0.05) is 6.54 Å². The van der Waals surface area contributed by atoms with Gasteiger partial charge in [-0.05, 0) is 50.1 Å². The van der Waals surface area contributed by atoms with Gasteiger partial charge in [0.25, 0.3) is 0 Å². The van der Waals surface area contributed by atoms with E-state index in [0.717, 1.165) is 17.8 Å². The van der Waals surface area contributed by atoms with Crippen molar-refractivity contribution in [3.63, 3.8) is 0 Å². The van der Waals surface area contributed by atoms with Crippen molar-refractivity contribution >= 4 is 0 Å². The van der Waals surface area contributed by atoms with Crippen LogP contribution in [-0.2, 0) is 0 Å². The molecule has 0 aliphatic rings. The minimum Gasteiger partial charge on any atom is -0.303 e.